The van der Waals surface area contributed by atoms with Crippen LogP contribution in [0.15, 0.2) is 0 Å². The first-order chi connectivity index (χ1) is 6.89. The number of likely N-dealkylation sites (N-methyl/N-ethyl adjacent to an activating group) is 1. The fourth-order valence-corrected chi connectivity index (χ4v) is 2.12. The summed E-state index contributed by atoms with van der Waals surface area (Å²) in [6.45, 7) is 6.58. The van der Waals surface area contributed by atoms with Crippen LogP contribution in [0.1, 0.15) is 26.7 Å². The molecule has 4 heteroatoms. The Balaban J connectivity index is 2.18. The molecule has 1 atom stereocenters. The number of hydrogen-bond acceptors (Lipinski definition) is 3. The van der Waals surface area contributed by atoms with Crippen LogP contribution < -0.4 is 5.32 Å². The van der Waals surface area contributed by atoms with Gasteiger partial charge in [0, 0.05) is 12.6 Å². The van der Waals surface area contributed by atoms with E-state index in [1.807, 2.05) is 11.9 Å². The van der Waals surface area contributed by atoms with Gasteiger partial charge in [-0.3, -0.25) is 9.69 Å². The molecule has 1 aliphatic heterocycles. The standard InChI is InChI=1S/C11H22N2O2/c1-11(2)6-9(12-8-11)4-5-13(3)7-10(14)15/h9,12H,4-8H2,1-3H3,(H,14,15). The molecule has 2 N–H and O–H groups in total. The van der Waals surface area contributed by atoms with Crippen molar-refractivity contribution in [2.24, 2.45) is 5.41 Å². The lowest BCUT2D eigenvalue weighted by molar-refractivity contribution is -0.138. The summed E-state index contributed by atoms with van der Waals surface area (Å²) in [5.74, 6) is -0.753. The predicted octanol–water partition coefficient (Wildman–Crippen LogP) is 0.781. The minimum Gasteiger partial charge on any atom is -0.480 e. The highest BCUT2D eigenvalue weighted by Crippen LogP contribution is 2.28. The van der Waals surface area contributed by atoms with Gasteiger partial charge in [-0.15, -0.1) is 0 Å². The van der Waals surface area contributed by atoms with Gasteiger partial charge in [0.05, 0.1) is 6.54 Å². The van der Waals surface area contributed by atoms with Crippen LogP contribution in [0.25, 0.3) is 0 Å². The summed E-state index contributed by atoms with van der Waals surface area (Å²) in [4.78, 5) is 12.3. The van der Waals surface area contributed by atoms with Crippen molar-refractivity contribution in [3.05, 3.63) is 0 Å². The lowest BCUT2D eigenvalue weighted by atomic mass is 9.90. The lowest BCUT2D eigenvalue weighted by Gasteiger charge is -2.18. The van der Waals surface area contributed by atoms with E-state index in [-0.39, 0.29) is 6.54 Å². The smallest absolute Gasteiger partial charge is 0.317 e. The first-order valence-corrected chi connectivity index (χ1v) is 5.53. The van der Waals surface area contributed by atoms with Crippen LogP contribution in [0.5, 0.6) is 0 Å². The van der Waals surface area contributed by atoms with Crippen LogP contribution in [-0.4, -0.2) is 48.7 Å². The maximum absolute atomic E-state index is 10.5. The normalized spacial score (nSPS) is 24.7. The molecule has 4 nitrogen and oxygen atoms in total. The first kappa shape index (κ1) is 12.5. The fourth-order valence-electron chi connectivity index (χ4n) is 2.12. The molecule has 0 spiro atoms. The Morgan fingerprint density at radius 3 is 2.73 bits per heavy atom. The van der Waals surface area contributed by atoms with Crippen molar-refractivity contribution in [2.45, 2.75) is 32.7 Å². The van der Waals surface area contributed by atoms with E-state index in [2.05, 4.69) is 19.2 Å². The number of aliphatic carboxylic acids is 1. The van der Waals surface area contributed by atoms with Gasteiger partial charge in [-0.1, -0.05) is 13.8 Å². The topological polar surface area (TPSA) is 52.6 Å². The van der Waals surface area contributed by atoms with Gasteiger partial charge in [0.1, 0.15) is 0 Å². The van der Waals surface area contributed by atoms with Gasteiger partial charge in [0.15, 0.2) is 0 Å². The summed E-state index contributed by atoms with van der Waals surface area (Å²) < 4.78 is 0. The fraction of sp³-hybridized carbons (Fsp3) is 0.909. The number of hydrogen-bond donors (Lipinski definition) is 2. The van der Waals surface area contributed by atoms with Gasteiger partial charge in [-0.2, -0.15) is 0 Å². The average molecular weight is 214 g/mol. The zero-order chi connectivity index (χ0) is 11.5. The van der Waals surface area contributed by atoms with E-state index in [0.717, 1.165) is 19.5 Å². The number of carbonyl (C=O) groups is 1. The highest BCUT2D eigenvalue weighted by Gasteiger charge is 2.30. The molecule has 0 amide bonds. The van der Waals surface area contributed by atoms with Crippen molar-refractivity contribution in [2.75, 3.05) is 26.7 Å². The van der Waals surface area contributed by atoms with E-state index in [9.17, 15) is 4.79 Å². The molecule has 0 aromatic carbocycles. The SMILES string of the molecule is CN(CCC1CC(C)(C)CN1)CC(=O)O. The summed E-state index contributed by atoms with van der Waals surface area (Å²) in [6.07, 6.45) is 2.22. The third-order valence-electron chi connectivity index (χ3n) is 2.93. The Kier molecular flexibility index (Phi) is 4.11. The molecular formula is C11H22N2O2. The van der Waals surface area contributed by atoms with Gasteiger partial charge < -0.3 is 10.4 Å². The highest BCUT2D eigenvalue weighted by molar-refractivity contribution is 5.68. The Morgan fingerprint density at radius 1 is 1.60 bits per heavy atom. The lowest BCUT2D eigenvalue weighted by Crippen LogP contribution is -2.31. The quantitative estimate of drug-likeness (QED) is 0.710. The maximum atomic E-state index is 10.5. The average Bonchev–Trinajstić information content (AvgIpc) is 2.41. The van der Waals surface area contributed by atoms with Crippen molar-refractivity contribution in [3.8, 4) is 0 Å². The zero-order valence-corrected chi connectivity index (χ0v) is 9.92. The number of rotatable bonds is 5. The van der Waals surface area contributed by atoms with E-state index in [1.54, 1.807) is 0 Å². The van der Waals surface area contributed by atoms with Crippen LogP contribution in [0.2, 0.25) is 0 Å². The molecule has 0 aromatic rings. The second-order valence-corrected chi connectivity index (χ2v) is 5.37. The van der Waals surface area contributed by atoms with E-state index >= 15 is 0 Å². The van der Waals surface area contributed by atoms with E-state index < -0.39 is 5.97 Å². The second kappa shape index (κ2) is 4.94. The maximum Gasteiger partial charge on any atom is 0.317 e. The second-order valence-electron chi connectivity index (χ2n) is 5.37. The molecule has 0 aliphatic carbocycles. The molecule has 88 valence electrons. The molecule has 1 saturated heterocycles. The van der Waals surface area contributed by atoms with Crippen LogP contribution in [0, 0.1) is 5.41 Å². The van der Waals surface area contributed by atoms with E-state index in [1.165, 1.54) is 6.42 Å². The third kappa shape index (κ3) is 4.62. The van der Waals surface area contributed by atoms with Crippen molar-refractivity contribution < 1.29 is 9.90 Å². The molecule has 0 bridgehead atoms. The molecule has 1 aliphatic rings. The number of carboxylic acid groups (broad SMARTS) is 1. The van der Waals surface area contributed by atoms with Crippen LogP contribution >= 0.6 is 0 Å². The summed E-state index contributed by atoms with van der Waals surface area (Å²) in [7, 11) is 1.86. The Labute approximate surface area is 91.6 Å². The molecule has 0 saturated carbocycles. The largest absolute Gasteiger partial charge is 0.480 e. The zero-order valence-electron chi connectivity index (χ0n) is 9.92. The minimum atomic E-state index is -0.753. The summed E-state index contributed by atoms with van der Waals surface area (Å²) in [6, 6.07) is 0.552. The van der Waals surface area contributed by atoms with Gasteiger partial charge in [-0.25, -0.2) is 0 Å². The van der Waals surface area contributed by atoms with Gasteiger partial charge >= 0.3 is 5.97 Å². The molecule has 1 unspecified atom stereocenters. The third-order valence-corrected chi connectivity index (χ3v) is 2.93. The Hall–Kier alpha value is -0.610. The summed E-state index contributed by atoms with van der Waals surface area (Å²) in [5, 5.41) is 12.1. The van der Waals surface area contributed by atoms with Crippen molar-refractivity contribution in [1.29, 1.82) is 0 Å². The minimum absolute atomic E-state index is 0.135. The first-order valence-electron chi connectivity index (χ1n) is 5.53. The molecule has 1 heterocycles. The van der Waals surface area contributed by atoms with Gasteiger partial charge in [0.2, 0.25) is 0 Å². The van der Waals surface area contributed by atoms with Gasteiger partial charge in [-0.05, 0) is 31.8 Å². The Bertz CT molecular complexity index is 229. The molecule has 1 rings (SSSR count). The van der Waals surface area contributed by atoms with Gasteiger partial charge in [0.25, 0.3) is 0 Å². The summed E-state index contributed by atoms with van der Waals surface area (Å²) >= 11 is 0. The van der Waals surface area contributed by atoms with Crippen molar-refractivity contribution in [1.82, 2.24) is 10.2 Å². The van der Waals surface area contributed by atoms with Crippen LogP contribution in [0.4, 0.5) is 0 Å². The van der Waals surface area contributed by atoms with Crippen molar-refractivity contribution >= 4 is 5.97 Å². The predicted molar refractivity (Wildman–Crippen MR) is 59.9 cm³/mol. The van der Waals surface area contributed by atoms with Crippen molar-refractivity contribution in [3.63, 3.8) is 0 Å². The number of carboxylic acids is 1. The molecule has 0 radical (unpaired) electrons. The molecule has 1 fully saturated rings. The number of nitrogens with one attached hydrogen (secondary N) is 1. The molecular weight excluding hydrogens is 192 g/mol. The van der Waals surface area contributed by atoms with Crippen LogP contribution in [0.3, 0.4) is 0 Å². The molecule has 0 aromatic heterocycles. The number of nitrogens with zero attached hydrogens (tertiary/aromatic N) is 1. The monoisotopic (exact) mass is 214 g/mol. The van der Waals surface area contributed by atoms with Crippen LogP contribution in [-0.2, 0) is 4.79 Å². The Morgan fingerprint density at radius 2 is 2.27 bits per heavy atom. The summed E-state index contributed by atoms with van der Waals surface area (Å²) in [5.41, 5.74) is 0.399. The highest BCUT2D eigenvalue weighted by atomic mass is 16.4. The van der Waals surface area contributed by atoms with E-state index in [0.29, 0.717) is 11.5 Å². The van der Waals surface area contributed by atoms with E-state index in [4.69, 9.17) is 5.11 Å². The molecule has 15 heavy (non-hydrogen) atoms.